The summed E-state index contributed by atoms with van der Waals surface area (Å²) in [6.45, 7) is 2.67. The Kier molecular flexibility index (Phi) is 3.45. The van der Waals surface area contributed by atoms with E-state index in [1.165, 1.54) is 12.8 Å². The van der Waals surface area contributed by atoms with E-state index in [-0.39, 0.29) is 5.96 Å². The van der Waals surface area contributed by atoms with Crippen molar-refractivity contribution < 1.29 is 4.79 Å². The molecule has 0 atom stereocenters. The largest absolute Gasteiger partial charge is 0.370 e. The second kappa shape index (κ2) is 5.03. The van der Waals surface area contributed by atoms with Crippen LogP contribution < -0.4 is 11.5 Å². The van der Waals surface area contributed by atoms with Crippen LogP contribution in [0.25, 0.3) is 6.08 Å². The molecule has 1 aromatic rings. The van der Waals surface area contributed by atoms with E-state index in [4.69, 9.17) is 11.5 Å². The lowest BCUT2D eigenvalue weighted by Gasteiger charge is -2.11. The minimum absolute atomic E-state index is 0.225. The Bertz CT molecular complexity index is 499. The third kappa shape index (κ3) is 2.77. The molecule has 2 heterocycles. The Balaban J connectivity index is 2.19. The number of rotatable bonds is 2. The van der Waals surface area contributed by atoms with Gasteiger partial charge in [0.25, 0.3) is 5.91 Å². The molecule has 0 fully saturated rings. The second-order valence-corrected chi connectivity index (χ2v) is 4.40. The SMILES string of the molecule is C/C(=C\c1cn2c(n1)CCCC2)C(=O)N=C(N)N. The minimum Gasteiger partial charge on any atom is -0.370 e. The zero-order valence-electron chi connectivity index (χ0n) is 10.4. The molecule has 0 spiro atoms. The van der Waals surface area contributed by atoms with E-state index in [0.29, 0.717) is 5.57 Å². The van der Waals surface area contributed by atoms with Crippen molar-refractivity contribution in [2.24, 2.45) is 16.5 Å². The maximum atomic E-state index is 11.6. The van der Waals surface area contributed by atoms with Crippen molar-refractivity contribution in [3.05, 3.63) is 23.3 Å². The first kappa shape index (κ1) is 12.3. The molecule has 1 aliphatic heterocycles. The molecule has 1 amide bonds. The highest BCUT2D eigenvalue weighted by Gasteiger charge is 2.12. The Morgan fingerprint density at radius 3 is 2.94 bits per heavy atom. The van der Waals surface area contributed by atoms with Gasteiger partial charge >= 0.3 is 0 Å². The van der Waals surface area contributed by atoms with Gasteiger partial charge in [-0.1, -0.05) is 0 Å². The predicted octanol–water partition coefficient (Wildman–Crippen LogP) is 0.423. The lowest BCUT2D eigenvalue weighted by Crippen LogP contribution is -2.24. The molecule has 2 rings (SSSR count). The number of carbonyl (C=O) groups is 1. The van der Waals surface area contributed by atoms with Gasteiger partial charge in [0.05, 0.1) is 5.69 Å². The van der Waals surface area contributed by atoms with Crippen molar-refractivity contribution in [1.29, 1.82) is 0 Å². The molecule has 0 aliphatic carbocycles. The maximum Gasteiger partial charge on any atom is 0.275 e. The van der Waals surface area contributed by atoms with E-state index >= 15 is 0 Å². The number of nitrogens with two attached hydrogens (primary N) is 2. The molecule has 0 radical (unpaired) electrons. The predicted molar refractivity (Wildman–Crippen MR) is 69.6 cm³/mol. The van der Waals surface area contributed by atoms with Gasteiger partial charge < -0.3 is 16.0 Å². The third-order valence-electron chi connectivity index (χ3n) is 2.86. The molecule has 18 heavy (non-hydrogen) atoms. The fourth-order valence-electron chi connectivity index (χ4n) is 1.99. The van der Waals surface area contributed by atoms with Crippen LogP contribution in [0.15, 0.2) is 16.8 Å². The lowest BCUT2D eigenvalue weighted by molar-refractivity contribution is -0.114. The van der Waals surface area contributed by atoms with E-state index < -0.39 is 5.91 Å². The topological polar surface area (TPSA) is 99.3 Å². The molecular weight excluding hydrogens is 230 g/mol. The number of fused-ring (bicyclic) bond motifs is 1. The van der Waals surface area contributed by atoms with Gasteiger partial charge in [-0.2, -0.15) is 4.99 Å². The minimum atomic E-state index is -0.430. The van der Waals surface area contributed by atoms with Crippen molar-refractivity contribution in [2.45, 2.75) is 32.7 Å². The summed E-state index contributed by atoms with van der Waals surface area (Å²) in [6, 6.07) is 0. The average Bonchev–Trinajstić information content (AvgIpc) is 2.69. The highest BCUT2D eigenvalue weighted by molar-refractivity contribution is 6.03. The normalized spacial score (nSPS) is 15.1. The van der Waals surface area contributed by atoms with Crippen LogP contribution in [0.1, 0.15) is 31.3 Å². The number of carbonyl (C=O) groups excluding carboxylic acids is 1. The van der Waals surface area contributed by atoms with Gasteiger partial charge in [0.15, 0.2) is 5.96 Å². The smallest absolute Gasteiger partial charge is 0.275 e. The molecule has 4 N–H and O–H groups in total. The molecule has 0 unspecified atom stereocenters. The summed E-state index contributed by atoms with van der Waals surface area (Å²) in [6.07, 6.45) is 7.01. The Morgan fingerprint density at radius 1 is 1.50 bits per heavy atom. The number of aromatic nitrogens is 2. The van der Waals surface area contributed by atoms with Crippen molar-refractivity contribution in [3.8, 4) is 0 Å². The third-order valence-corrected chi connectivity index (χ3v) is 2.86. The molecule has 6 nitrogen and oxygen atoms in total. The number of guanidine groups is 1. The number of amides is 1. The Hall–Kier alpha value is -2.11. The van der Waals surface area contributed by atoms with E-state index in [2.05, 4.69) is 14.5 Å². The molecular formula is C12H17N5O. The summed E-state index contributed by atoms with van der Waals surface area (Å²) in [5.74, 6) is 0.424. The Labute approximate surface area is 105 Å². The number of hydrogen-bond acceptors (Lipinski definition) is 2. The van der Waals surface area contributed by atoms with Gasteiger partial charge in [0.2, 0.25) is 0 Å². The quantitative estimate of drug-likeness (QED) is 0.449. The van der Waals surface area contributed by atoms with Crippen LogP contribution in [0.2, 0.25) is 0 Å². The van der Waals surface area contributed by atoms with Crippen molar-refractivity contribution in [2.75, 3.05) is 0 Å². The number of aryl methyl sites for hydroxylation is 2. The molecule has 0 bridgehead atoms. The van der Waals surface area contributed by atoms with Crippen LogP contribution in [0.3, 0.4) is 0 Å². The fraction of sp³-hybridized carbons (Fsp3) is 0.417. The summed E-state index contributed by atoms with van der Waals surface area (Å²) in [4.78, 5) is 19.5. The standard InChI is InChI=1S/C12H17N5O/c1-8(11(18)16-12(13)14)6-9-7-17-5-3-2-4-10(17)15-9/h6-7H,2-5H2,1H3,(H4,13,14,16,18)/b8-6+. The van der Waals surface area contributed by atoms with E-state index in [1.807, 2.05) is 6.20 Å². The van der Waals surface area contributed by atoms with Gasteiger partial charge in [-0.05, 0) is 25.8 Å². The summed E-state index contributed by atoms with van der Waals surface area (Å²) in [7, 11) is 0. The molecule has 0 aromatic carbocycles. The van der Waals surface area contributed by atoms with Crippen LogP contribution in [-0.4, -0.2) is 21.4 Å². The lowest BCUT2D eigenvalue weighted by atomic mass is 10.2. The zero-order valence-corrected chi connectivity index (χ0v) is 10.4. The second-order valence-electron chi connectivity index (χ2n) is 4.40. The van der Waals surface area contributed by atoms with Gasteiger partial charge in [-0.3, -0.25) is 4.79 Å². The first-order valence-corrected chi connectivity index (χ1v) is 5.94. The number of hydrogen-bond donors (Lipinski definition) is 2. The maximum absolute atomic E-state index is 11.6. The van der Waals surface area contributed by atoms with Gasteiger partial charge in [-0.25, -0.2) is 4.98 Å². The molecule has 0 saturated heterocycles. The number of aliphatic imine (C=N–C) groups is 1. The van der Waals surface area contributed by atoms with E-state index in [0.717, 1.165) is 24.5 Å². The van der Waals surface area contributed by atoms with Crippen molar-refractivity contribution in [3.63, 3.8) is 0 Å². The Morgan fingerprint density at radius 2 is 2.28 bits per heavy atom. The van der Waals surface area contributed by atoms with Crippen LogP contribution in [-0.2, 0) is 17.8 Å². The van der Waals surface area contributed by atoms with Crippen LogP contribution >= 0.6 is 0 Å². The van der Waals surface area contributed by atoms with Crippen molar-refractivity contribution >= 4 is 17.9 Å². The summed E-state index contributed by atoms with van der Waals surface area (Å²) >= 11 is 0. The summed E-state index contributed by atoms with van der Waals surface area (Å²) in [5, 5.41) is 0. The molecule has 1 aliphatic rings. The molecule has 0 saturated carbocycles. The number of nitrogens with zero attached hydrogens (tertiary/aromatic N) is 3. The highest BCUT2D eigenvalue weighted by Crippen LogP contribution is 2.16. The summed E-state index contributed by atoms with van der Waals surface area (Å²) in [5.41, 5.74) is 11.6. The van der Waals surface area contributed by atoms with Gasteiger partial charge in [0, 0.05) is 24.7 Å². The molecule has 96 valence electrons. The molecule has 1 aromatic heterocycles. The first-order valence-electron chi connectivity index (χ1n) is 5.94. The average molecular weight is 247 g/mol. The van der Waals surface area contributed by atoms with E-state index in [1.54, 1.807) is 13.0 Å². The van der Waals surface area contributed by atoms with Gasteiger partial charge in [-0.15, -0.1) is 0 Å². The van der Waals surface area contributed by atoms with Crippen LogP contribution in [0.4, 0.5) is 0 Å². The fourth-order valence-corrected chi connectivity index (χ4v) is 1.99. The first-order chi connectivity index (χ1) is 8.56. The van der Waals surface area contributed by atoms with Gasteiger partial charge in [0.1, 0.15) is 5.82 Å². The summed E-state index contributed by atoms with van der Waals surface area (Å²) < 4.78 is 2.13. The van der Waals surface area contributed by atoms with Crippen molar-refractivity contribution in [1.82, 2.24) is 9.55 Å². The van der Waals surface area contributed by atoms with Crippen LogP contribution in [0, 0.1) is 0 Å². The highest BCUT2D eigenvalue weighted by atomic mass is 16.1. The molecule has 6 heteroatoms. The zero-order chi connectivity index (χ0) is 13.1. The number of imidazole rings is 1. The van der Waals surface area contributed by atoms with Crippen LogP contribution in [0.5, 0.6) is 0 Å². The monoisotopic (exact) mass is 247 g/mol. The van der Waals surface area contributed by atoms with E-state index in [9.17, 15) is 4.79 Å².